The van der Waals surface area contributed by atoms with Gasteiger partial charge in [-0.15, -0.1) is 0 Å². The van der Waals surface area contributed by atoms with E-state index in [0.717, 1.165) is 0 Å². The molecule has 0 N–H and O–H groups in total. The molecule has 0 spiro atoms. The second kappa shape index (κ2) is 8.51. The zero-order valence-corrected chi connectivity index (χ0v) is 27.4. The van der Waals surface area contributed by atoms with Crippen LogP contribution >= 0.6 is 45.3 Å². The monoisotopic (exact) mass is 712 g/mol. The van der Waals surface area contributed by atoms with E-state index in [1.165, 1.54) is 87.7 Å². The Labute approximate surface area is 256 Å². The van der Waals surface area contributed by atoms with Gasteiger partial charge < -0.3 is 0 Å². The van der Waals surface area contributed by atoms with E-state index in [-0.39, 0.29) is 0 Å². The Morgan fingerprint density at radius 3 is 1.35 bits per heavy atom. The van der Waals surface area contributed by atoms with Crippen molar-refractivity contribution in [2.45, 2.75) is 0 Å². The molecule has 0 saturated carbocycles. The van der Waals surface area contributed by atoms with Gasteiger partial charge in [0, 0.05) is 0 Å². The Bertz CT molecular complexity index is 2360. The minimum absolute atomic E-state index is 0.402. The number of fused-ring (bicyclic) bond motifs is 9. The molecule has 0 aliphatic rings. The van der Waals surface area contributed by atoms with Crippen molar-refractivity contribution in [3.05, 3.63) is 97.1 Å². The fourth-order valence-electron chi connectivity index (χ4n) is 5.77. The van der Waals surface area contributed by atoms with Crippen LogP contribution in [-0.4, -0.2) is 29.0 Å². The van der Waals surface area contributed by atoms with Crippen molar-refractivity contribution in [3.8, 4) is 18.6 Å². The molecule has 0 fully saturated rings. The predicted molar refractivity (Wildman–Crippen MR) is 185 cm³/mol. The summed E-state index contributed by atoms with van der Waals surface area (Å²) in [4.78, 5) is 2.88. The quantitative estimate of drug-likeness (QED) is 0.157. The summed E-state index contributed by atoms with van der Waals surface area (Å²) in [5, 5.41) is 8.43. The number of rotatable bonds is 2. The van der Waals surface area contributed by atoms with Gasteiger partial charge in [0.25, 0.3) is 0 Å². The molecular formula is C34H16S4Se2. The molecule has 0 radical (unpaired) electrons. The van der Waals surface area contributed by atoms with Crippen molar-refractivity contribution in [2.75, 3.05) is 0 Å². The second-order valence-corrected chi connectivity index (χ2v) is 19.0. The second-order valence-electron chi connectivity index (χ2n) is 10.2. The molecule has 0 amide bonds. The van der Waals surface area contributed by atoms with Crippen molar-refractivity contribution in [1.82, 2.24) is 0 Å². The first-order valence-electron chi connectivity index (χ1n) is 13.0. The molecule has 6 aromatic heterocycles. The van der Waals surface area contributed by atoms with Crippen LogP contribution < -0.4 is 0 Å². The van der Waals surface area contributed by atoms with Gasteiger partial charge in [0.15, 0.2) is 0 Å². The van der Waals surface area contributed by atoms with Crippen LogP contribution in [-0.2, 0) is 0 Å². The molecule has 0 saturated heterocycles. The van der Waals surface area contributed by atoms with E-state index < -0.39 is 0 Å². The third kappa shape index (κ3) is 3.40. The van der Waals surface area contributed by atoms with E-state index in [1.807, 2.05) is 45.3 Å². The van der Waals surface area contributed by atoms with Crippen molar-refractivity contribution >= 4 is 143 Å². The zero-order chi connectivity index (χ0) is 25.9. The topological polar surface area (TPSA) is 0 Å². The van der Waals surface area contributed by atoms with Gasteiger partial charge in [-0.25, -0.2) is 0 Å². The Morgan fingerprint density at radius 2 is 0.875 bits per heavy atom. The van der Waals surface area contributed by atoms with Crippen LogP contribution in [0.4, 0.5) is 0 Å². The Kier molecular flexibility index (Phi) is 4.92. The molecule has 0 aliphatic carbocycles. The number of hydrogen-bond acceptors (Lipinski definition) is 4. The van der Waals surface area contributed by atoms with Gasteiger partial charge >= 0.3 is 259 Å². The fraction of sp³-hybridized carbons (Fsp3) is 0. The van der Waals surface area contributed by atoms with E-state index >= 15 is 0 Å². The third-order valence-electron chi connectivity index (χ3n) is 7.69. The summed E-state index contributed by atoms with van der Waals surface area (Å²) in [6, 6.07) is 37.2. The molecule has 0 unspecified atom stereocenters. The Balaban J connectivity index is 1.11. The molecule has 0 nitrogen and oxygen atoms in total. The third-order valence-corrected chi connectivity index (χ3v) is 17.9. The van der Waals surface area contributed by atoms with Crippen LogP contribution in [0.2, 0.25) is 0 Å². The molecule has 10 aromatic rings. The molecule has 0 bridgehead atoms. The SMILES string of the molecule is c1ccc2[se]c(-c3cc4cc5sc6c7cc8sc(-c9cc%10ccccc%10[se]9)cc8cc7sc6c5cc4s3)cc2c1. The van der Waals surface area contributed by atoms with Crippen LogP contribution in [0.1, 0.15) is 0 Å². The first-order chi connectivity index (χ1) is 19.7. The molecule has 6 heteroatoms. The fourth-order valence-corrected chi connectivity index (χ4v) is 15.5. The van der Waals surface area contributed by atoms with Crippen LogP contribution in [0, 0.1) is 0 Å². The van der Waals surface area contributed by atoms with E-state index in [1.54, 1.807) is 0 Å². The van der Waals surface area contributed by atoms with Crippen molar-refractivity contribution in [2.24, 2.45) is 0 Å². The van der Waals surface area contributed by atoms with E-state index in [2.05, 4.69) is 97.1 Å². The molecule has 10 rings (SSSR count). The van der Waals surface area contributed by atoms with Gasteiger partial charge in [-0.05, 0) is 0 Å². The zero-order valence-electron chi connectivity index (χ0n) is 20.7. The van der Waals surface area contributed by atoms with Crippen LogP contribution in [0.25, 0.3) is 87.7 Å². The van der Waals surface area contributed by atoms with Gasteiger partial charge in [-0.3, -0.25) is 0 Å². The predicted octanol–water partition coefficient (Wildman–Crippen LogP) is 11.5. The van der Waals surface area contributed by atoms with Crippen molar-refractivity contribution in [1.29, 1.82) is 0 Å². The van der Waals surface area contributed by atoms with Gasteiger partial charge in [0.2, 0.25) is 0 Å². The summed E-state index contributed by atoms with van der Waals surface area (Å²) in [6.45, 7) is 0. The summed E-state index contributed by atoms with van der Waals surface area (Å²) in [7, 11) is 0. The molecule has 6 heterocycles. The molecule has 4 aromatic carbocycles. The molecule has 188 valence electrons. The maximum atomic E-state index is 2.47. The summed E-state index contributed by atoms with van der Waals surface area (Å²) >= 11 is 8.69. The number of thiophene rings is 4. The number of benzene rings is 4. The Hall–Kier alpha value is -2.50. The van der Waals surface area contributed by atoms with E-state index in [0.29, 0.717) is 29.0 Å². The Morgan fingerprint density at radius 1 is 0.400 bits per heavy atom. The van der Waals surface area contributed by atoms with Gasteiger partial charge in [-0.2, -0.15) is 0 Å². The molecule has 40 heavy (non-hydrogen) atoms. The van der Waals surface area contributed by atoms with E-state index in [4.69, 9.17) is 0 Å². The standard InChI is InChI=1S/C34H16S4Se2/c1-3-7-29-17(5-1)13-31(39-29)27-11-19-9-25-21(15-23(19)35-27)33-34(37-25)22-16-24-20(10-26(22)38-33)12-28(36-24)32-14-18-6-2-4-8-30(18)40-32/h1-16H. The molecule has 0 aliphatic heterocycles. The summed E-state index contributed by atoms with van der Waals surface area (Å²) < 4.78 is 14.6. The molecular weight excluding hydrogens is 695 g/mol. The normalized spacial score (nSPS) is 12.5. The maximum absolute atomic E-state index is 2.47. The average Bonchev–Trinajstić information content (AvgIpc) is 3.79. The summed E-state index contributed by atoms with van der Waals surface area (Å²) in [6.07, 6.45) is 0. The first kappa shape index (κ1) is 23.1. The van der Waals surface area contributed by atoms with Crippen molar-refractivity contribution < 1.29 is 0 Å². The summed E-state index contributed by atoms with van der Waals surface area (Å²) in [5.41, 5.74) is 0. The van der Waals surface area contributed by atoms with Crippen molar-refractivity contribution in [3.63, 3.8) is 0 Å². The first-order valence-corrected chi connectivity index (χ1v) is 19.7. The van der Waals surface area contributed by atoms with Gasteiger partial charge in [-0.1, -0.05) is 0 Å². The van der Waals surface area contributed by atoms with Crippen LogP contribution in [0.3, 0.4) is 0 Å². The average molecular weight is 711 g/mol. The summed E-state index contributed by atoms with van der Waals surface area (Å²) in [5.74, 6) is 0. The minimum atomic E-state index is 0.402. The van der Waals surface area contributed by atoms with Gasteiger partial charge in [0.05, 0.1) is 0 Å². The van der Waals surface area contributed by atoms with E-state index in [9.17, 15) is 0 Å². The van der Waals surface area contributed by atoms with Gasteiger partial charge in [0.1, 0.15) is 0 Å². The van der Waals surface area contributed by atoms with Crippen LogP contribution in [0.5, 0.6) is 0 Å². The van der Waals surface area contributed by atoms with Crippen LogP contribution in [0.15, 0.2) is 97.1 Å². The number of hydrogen-bond donors (Lipinski definition) is 0. The molecule has 0 atom stereocenters.